The van der Waals surface area contributed by atoms with Crippen molar-refractivity contribution in [3.05, 3.63) is 50.4 Å². The molecule has 1 unspecified atom stereocenters. The fourth-order valence-corrected chi connectivity index (χ4v) is 6.36. The maximum absolute atomic E-state index is 13.9. The van der Waals surface area contributed by atoms with E-state index in [9.17, 15) is 14.0 Å². The Morgan fingerprint density at radius 3 is 2.71 bits per heavy atom. The lowest BCUT2D eigenvalue weighted by molar-refractivity contribution is -0.123. The van der Waals surface area contributed by atoms with Gasteiger partial charge in [0.15, 0.2) is 0 Å². The largest absolute Gasteiger partial charge is 0.363 e. The first kappa shape index (κ1) is 23.6. The summed E-state index contributed by atoms with van der Waals surface area (Å²) in [6, 6.07) is 6.85. The lowest BCUT2D eigenvalue weighted by atomic mass is 9.97. The third kappa shape index (κ3) is 5.10. The lowest BCUT2D eigenvalue weighted by Gasteiger charge is -2.26. The van der Waals surface area contributed by atoms with Crippen LogP contribution in [0.15, 0.2) is 24.3 Å². The second kappa shape index (κ2) is 9.86. The van der Waals surface area contributed by atoms with Gasteiger partial charge < -0.3 is 15.5 Å². The fourth-order valence-electron chi connectivity index (χ4n) is 5.23. The summed E-state index contributed by atoms with van der Waals surface area (Å²) in [5.74, 6) is -0.126. The Balaban J connectivity index is 1.27. The predicted octanol–water partition coefficient (Wildman–Crippen LogP) is 5.62. The summed E-state index contributed by atoms with van der Waals surface area (Å²) in [6.45, 7) is 2.87. The average Bonchev–Trinajstić information content (AvgIpc) is 3.22. The number of nitrogens with one attached hydrogen (secondary N) is 2. The molecule has 2 atom stereocenters. The van der Waals surface area contributed by atoms with E-state index in [2.05, 4.69) is 22.5 Å². The van der Waals surface area contributed by atoms with Crippen LogP contribution in [0.25, 0.3) is 0 Å². The molecular weight excluding hydrogens is 473 g/mol. The summed E-state index contributed by atoms with van der Waals surface area (Å²) in [5.41, 5.74) is 1.91. The zero-order valence-corrected chi connectivity index (χ0v) is 21.0. The summed E-state index contributed by atoms with van der Waals surface area (Å²) in [6.07, 6.45) is 8.22. The Hall–Kier alpha value is -2.12. The smallest absolute Gasteiger partial charge is 0.262 e. The van der Waals surface area contributed by atoms with Gasteiger partial charge in [0.1, 0.15) is 11.9 Å². The highest BCUT2D eigenvalue weighted by atomic mass is 35.5. The zero-order valence-electron chi connectivity index (χ0n) is 19.4. The Morgan fingerprint density at radius 1 is 1.21 bits per heavy atom. The number of anilines is 1. The number of hydrogen-bond acceptors (Lipinski definition) is 4. The van der Waals surface area contributed by atoms with Gasteiger partial charge in [0.25, 0.3) is 5.91 Å². The molecule has 2 aliphatic carbocycles. The number of thiophene rings is 1. The van der Waals surface area contributed by atoms with Crippen LogP contribution in [-0.4, -0.2) is 30.4 Å². The molecule has 2 saturated carbocycles. The lowest BCUT2D eigenvalue weighted by Crippen LogP contribution is -2.48. The van der Waals surface area contributed by atoms with Crippen LogP contribution in [0.3, 0.4) is 0 Å². The molecule has 0 spiro atoms. The van der Waals surface area contributed by atoms with Gasteiger partial charge in [0, 0.05) is 23.2 Å². The number of carbonyl (C=O) groups is 2. The maximum atomic E-state index is 13.9. The number of fused-ring (bicyclic) bond motifs is 1. The molecule has 1 aromatic carbocycles. The van der Waals surface area contributed by atoms with Crippen molar-refractivity contribution in [3.8, 4) is 0 Å². The number of hydrogen-bond donors (Lipinski definition) is 2. The molecule has 0 radical (unpaired) electrons. The Kier molecular flexibility index (Phi) is 6.85. The van der Waals surface area contributed by atoms with Crippen molar-refractivity contribution in [2.45, 2.75) is 76.4 Å². The van der Waals surface area contributed by atoms with Crippen LogP contribution >= 0.6 is 22.9 Å². The van der Waals surface area contributed by atoms with Crippen molar-refractivity contribution < 1.29 is 14.0 Å². The molecule has 1 aromatic heterocycles. The average molecular weight is 504 g/mol. The molecule has 182 valence electrons. The number of rotatable bonds is 8. The maximum Gasteiger partial charge on any atom is 0.262 e. The molecule has 2 amide bonds. The van der Waals surface area contributed by atoms with E-state index in [1.54, 1.807) is 6.07 Å². The van der Waals surface area contributed by atoms with Crippen LogP contribution in [0.5, 0.6) is 0 Å². The van der Waals surface area contributed by atoms with Gasteiger partial charge in [-0.2, -0.15) is 0 Å². The third-order valence-electron chi connectivity index (χ3n) is 7.37. The van der Waals surface area contributed by atoms with Gasteiger partial charge in [-0.25, -0.2) is 4.39 Å². The van der Waals surface area contributed by atoms with Crippen molar-refractivity contribution >= 4 is 40.4 Å². The number of nitrogens with zero attached hydrogens (tertiary/aromatic N) is 1. The molecule has 2 fully saturated rings. The van der Waals surface area contributed by atoms with E-state index in [0.717, 1.165) is 54.8 Å². The third-order valence-corrected chi connectivity index (χ3v) is 8.92. The van der Waals surface area contributed by atoms with Crippen LogP contribution in [0.1, 0.15) is 78.0 Å². The summed E-state index contributed by atoms with van der Waals surface area (Å²) in [7, 11) is 0. The summed E-state index contributed by atoms with van der Waals surface area (Å²) < 4.78 is 13.9. The monoisotopic (exact) mass is 503 g/mol. The van der Waals surface area contributed by atoms with Crippen LogP contribution in [0, 0.1) is 11.7 Å². The van der Waals surface area contributed by atoms with Gasteiger partial charge in [-0.15, -0.1) is 11.3 Å². The highest BCUT2D eigenvalue weighted by molar-refractivity contribution is 7.14. The molecule has 5 rings (SSSR count). The van der Waals surface area contributed by atoms with Crippen LogP contribution < -0.4 is 15.5 Å². The standard InChI is InChI=1S/C26H31ClFN3O2S/c1-15(31-11-10-17-13-20(28)19(27)14-22(17)31)23-8-9-24(34-23)26(33)30-21(12-16-4-2-3-5-16)25(32)29-18-6-7-18/h8-9,13-16,18,21H,2-7,10-12H2,1H3,(H,29,32)(H,30,33)/t15?,21-/m0/s1. The van der Waals surface area contributed by atoms with E-state index in [1.807, 2.05) is 12.1 Å². The van der Waals surface area contributed by atoms with Gasteiger partial charge in [-0.1, -0.05) is 37.3 Å². The highest BCUT2D eigenvalue weighted by Crippen LogP contribution is 2.39. The van der Waals surface area contributed by atoms with Gasteiger partial charge in [-0.05, 0) is 68.4 Å². The first-order chi connectivity index (χ1) is 16.4. The minimum absolute atomic E-state index is 0.0294. The number of carbonyl (C=O) groups excluding carboxylic acids is 2. The molecule has 2 heterocycles. The van der Waals surface area contributed by atoms with Gasteiger partial charge >= 0.3 is 0 Å². The Morgan fingerprint density at radius 2 is 1.97 bits per heavy atom. The highest BCUT2D eigenvalue weighted by Gasteiger charge is 2.32. The topological polar surface area (TPSA) is 61.4 Å². The minimum atomic E-state index is -0.485. The molecule has 2 aromatic rings. The van der Waals surface area contributed by atoms with E-state index in [0.29, 0.717) is 17.2 Å². The molecular formula is C26H31ClFN3O2S. The van der Waals surface area contributed by atoms with Crippen molar-refractivity contribution in [3.63, 3.8) is 0 Å². The number of benzene rings is 1. The van der Waals surface area contributed by atoms with E-state index in [1.165, 1.54) is 30.2 Å². The fraction of sp³-hybridized carbons (Fsp3) is 0.538. The molecule has 8 heteroatoms. The van der Waals surface area contributed by atoms with Gasteiger partial charge in [0.05, 0.1) is 15.9 Å². The second-order valence-electron chi connectivity index (χ2n) is 9.91. The SMILES string of the molecule is CC(c1ccc(C(=O)N[C@@H](CC2CCCC2)C(=O)NC2CC2)s1)N1CCc2cc(F)c(Cl)cc21. The molecule has 2 N–H and O–H groups in total. The Bertz CT molecular complexity index is 1080. The van der Waals surface area contributed by atoms with Crippen molar-refractivity contribution in [1.82, 2.24) is 10.6 Å². The van der Waals surface area contributed by atoms with Crippen molar-refractivity contribution in [2.75, 3.05) is 11.4 Å². The molecule has 5 nitrogen and oxygen atoms in total. The first-order valence-corrected chi connectivity index (χ1v) is 13.5. The van der Waals surface area contributed by atoms with Gasteiger partial charge in [0.2, 0.25) is 5.91 Å². The number of amides is 2. The van der Waals surface area contributed by atoms with Crippen LogP contribution in [0.4, 0.5) is 10.1 Å². The van der Waals surface area contributed by atoms with Crippen molar-refractivity contribution in [1.29, 1.82) is 0 Å². The minimum Gasteiger partial charge on any atom is -0.363 e. The number of halogens is 2. The van der Waals surface area contributed by atoms with E-state index < -0.39 is 6.04 Å². The molecule has 0 bridgehead atoms. The first-order valence-electron chi connectivity index (χ1n) is 12.3. The summed E-state index contributed by atoms with van der Waals surface area (Å²) >= 11 is 7.49. The van der Waals surface area contributed by atoms with Crippen LogP contribution in [0.2, 0.25) is 5.02 Å². The normalized spacial score (nSPS) is 19.7. The van der Waals surface area contributed by atoms with Crippen LogP contribution in [-0.2, 0) is 11.2 Å². The molecule has 3 aliphatic rings. The molecule has 34 heavy (non-hydrogen) atoms. The second-order valence-corrected chi connectivity index (χ2v) is 11.4. The van der Waals surface area contributed by atoms with Gasteiger partial charge in [-0.3, -0.25) is 9.59 Å². The van der Waals surface area contributed by atoms with E-state index >= 15 is 0 Å². The quantitative estimate of drug-likeness (QED) is 0.491. The van der Waals surface area contributed by atoms with Crippen molar-refractivity contribution in [2.24, 2.45) is 5.92 Å². The molecule has 0 saturated heterocycles. The summed E-state index contributed by atoms with van der Waals surface area (Å²) in [4.78, 5) is 29.8. The summed E-state index contributed by atoms with van der Waals surface area (Å²) in [5, 5.41) is 6.23. The molecule has 1 aliphatic heterocycles. The van der Waals surface area contributed by atoms with E-state index in [4.69, 9.17) is 11.6 Å². The zero-order chi connectivity index (χ0) is 23.8. The van der Waals surface area contributed by atoms with E-state index in [-0.39, 0.29) is 34.7 Å². The predicted molar refractivity (Wildman–Crippen MR) is 134 cm³/mol. The Labute approximate surface area is 209 Å².